The molecule has 9 aromatic rings. The molecule has 4 nitrogen and oxygen atoms in total. The van der Waals surface area contributed by atoms with Crippen molar-refractivity contribution in [3.63, 3.8) is 0 Å². The number of hydrogen-bond donors (Lipinski definition) is 0. The van der Waals surface area contributed by atoms with Crippen LogP contribution < -0.4 is 18.1 Å². The van der Waals surface area contributed by atoms with Gasteiger partial charge in [0.2, 0.25) is 0 Å². The van der Waals surface area contributed by atoms with Crippen molar-refractivity contribution in [3.05, 3.63) is 240 Å². The fourth-order valence-electron chi connectivity index (χ4n) is 11.2. The third-order valence-electron chi connectivity index (χ3n) is 14.9. The summed E-state index contributed by atoms with van der Waals surface area (Å²) in [4.78, 5) is 35.7. The van der Waals surface area contributed by atoms with Crippen LogP contribution in [0.1, 0.15) is 76.5 Å². The van der Waals surface area contributed by atoms with Gasteiger partial charge in [-0.05, 0) is 144 Å². The molecule has 13 rings (SSSR count). The van der Waals surface area contributed by atoms with Crippen LogP contribution in [0.2, 0.25) is 0 Å². The van der Waals surface area contributed by atoms with Gasteiger partial charge in [-0.3, -0.25) is 19.4 Å². The molecule has 2 saturated heterocycles. The molecule has 0 bridgehead atoms. The van der Waals surface area contributed by atoms with Crippen molar-refractivity contribution < 1.29 is 9.59 Å². The SMILES string of the molecule is Cc1ccc(C2(c3ccc(C)cc3)c3cc4c(cc3-c3sc(/C=c5\cc/c(=C6\SC(=S)N(C)C6=O)s5)cc32)C(c2ccc(C)cc2)(c2ccc(C)cc2)c2cc(/C=c3\cc/c(=C5\SC(=S)N(C)C5=O)s3)sc2-4)cc1. The highest BCUT2D eigenvalue weighted by molar-refractivity contribution is 8.30. The molecule has 362 valence electrons. The number of rotatable bonds is 6. The molecule has 4 aromatic heterocycles. The fraction of sp³-hybridized carbons (Fsp3) is 0.129. The smallest absolute Gasteiger partial charge is 0.267 e. The van der Waals surface area contributed by atoms with Crippen LogP contribution in [0.3, 0.4) is 0 Å². The molecule has 12 heteroatoms. The quantitative estimate of drug-likeness (QED) is 0.155. The molecule has 0 unspecified atom stereocenters. The summed E-state index contributed by atoms with van der Waals surface area (Å²) in [5.41, 5.74) is 16.1. The van der Waals surface area contributed by atoms with E-state index in [0.29, 0.717) is 18.5 Å². The lowest BCUT2D eigenvalue weighted by Crippen LogP contribution is -2.30. The third-order valence-corrected chi connectivity index (χ3v) is 22.6. The molecule has 5 aromatic carbocycles. The molecule has 2 aliphatic heterocycles. The van der Waals surface area contributed by atoms with Crippen LogP contribution in [0.4, 0.5) is 0 Å². The van der Waals surface area contributed by atoms with Crippen molar-refractivity contribution in [3.8, 4) is 20.9 Å². The molecular formula is C62H44N2O2S8. The van der Waals surface area contributed by atoms with E-state index in [4.69, 9.17) is 24.4 Å². The minimum atomic E-state index is -0.643. The van der Waals surface area contributed by atoms with Crippen molar-refractivity contribution in [2.45, 2.75) is 38.5 Å². The van der Waals surface area contributed by atoms with Gasteiger partial charge in [0.05, 0.1) is 20.6 Å². The minimum absolute atomic E-state index is 0.0447. The zero-order valence-electron chi connectivity index (χ0n) is 41.0. The molecule has 0 atom stereocenters. The number of hydrogen-bond acceptors (Lipinski definition) is 10. The fourth-order valence-corrected chi connectivity index (χ4v) is 18.2. The van der Waals surface area contributed by atoms with Crippen LogP contribution >= 0.6 is 93.3 Å². The second kappa shape index (κ2) is 17.9. The summed E-state index contributed by atoms with van der Waals surface area (Å²) in [5.74, 6) is -0.0893. The number of amides is 2. The van der Waals surface area contributed by atoms with Crippen molar-refractivity contribution in [1.82, 2.24) is 9.80 Å². The minimum Gasteiger partial charge on any atom is -0.296 e. The van der Waals surface area contributed by atoms with E-state index in [9.17, 15) is 9.59 Å². The second-order valence-corrected chi connectivity index (χ2v) is 27.2. The Morgan fingerprint density at radius 3 is 1.04 bits per heavy atom. The number of carbonyl (C=O) groups is 2. The van der Waals surface area contributed by atoms with Gasteiger partial charge in [-0.2, -0.15) is 0 Å². The van der Waals surface area contributed by atoms with Crippen LogP contribution in [0.5, 0.6) is 0 Å². The van der Waals surface area contributed by atoms with Crippen molar-refractivity contribution in [2.24, 2.45) is 0 Å². The first-order valence-corrected chi connectivity index (χ1v) is 29.8. The summed E-state index contributed by atoms with van der Waals surface area (Å²) >= 11 is 20.7. The summed E-state index contributed by atoms with van der Waals surface area (Å²) in [6.07, 6.45) is 4.58. The van der Waals surface area contributed by atoms with Crippen LogP contribution in [-0.2, 0) is 20.4 Å². The molecule has 2 aliphatic carbocycles. The third kappa shape index (κ3) is 7.31. The number of benzene rings is 5. The summed E-state index contributed by atoms with van der Waals surface area (Å²) in [6, 6.07) is 55.1. The van der Waals surface area contributed by atoms with Crippen LogP contribution in [0.25, 0.3) is 42.8 Å². The highest BCUT2D eigenvalue weighted by Gasteiger charge is 2.53. The number of thioether (sulfide) groups is 2. The maximum atomic E-state index is 13.2. The average molecular weight is 1110 g/mol. The Hall–Kier alpha value is -5.80. The van der Waals surface area contributed by atoms with Gasteiger partial charge in [-0.15, -0.1) is 45.3 Å². The molecular weight excluding hydrogens is 1060 g/mol. The number of fused-ring (bicyclic) bond motifs is 6. The number of nitrogens with zero attached hydrogens (tertiary/aromatic N) is 2. The maximum Gasteiger partial charge on any atom is 0.267 e. The van der Waals surface area contributed by atoms with Crippen molar-refractivity contribution >= 4 is 136 Å². The highest BCUT2D eigenvalue weighted by Crippen LogP contribution is 2.65. The summed E-state index contributed by atoms with van der Waals surface area (Å²) in [5, 5.41) is 0. The van der Waals surface area contributed by atoms with E-state index in [-0.39, 0.29) is 11.8 Å². The van der Waals surface area contributed by atoms with Gasteiger partial charge in [-0.1, -0.05) is 167 Å². The van der Waals surface area contributed by atoms with Crippen LogP contribution in [-0.4, -0.2) is 44.4 Å². The number of carbonyl (C=O) groups excluding carboxylic acids is 2. The Labute approximate surface area is 464 Å². The Kier molecular flexibility index (Phi) is 11.6. The lowest BCUT2D eigenvalue weighted by Gasteiger charge is -2.35. The lowest BCUT2D eigenvalue weighted by atomic mass is 9.65. The lowest BCUT2D eigenvalue weighted by molar-refractivity contribution is -0.120. The number of thiophene rings is 4. The van der Waals surface area contributed by atoms with Gasteiger partial charge in [0, 0.05) is 51.7 Å². The van der Waals surface area contributed by atoms with Crippen molar-refractivity contribution in [2.75, 3.05) is 14.1 Å². The molecule has 6 heterocycles. The van der Waals surface area contributed by atoms with E-state index >= 15 is 0 Å². The Balaban J connectivity index is 1.09. The average Bonchev–Trinajstić information content (AvgIpc) is 4.31. The van der Waals surface area contributed by atoms with E-state index in [2.05, 4.69) is 185 Å². The normalized spacial score (nSPS) is 18.2. The Morgan fingerprint density at radius 2 is 0.743 bits per heavy atom. The molecule has 2 fully saturated rings. The highest BCUT2D eigenvalue weighted by atomic mass is 32.2. The van der Waals surface area contributed by atoms with E-state index in [1.54, 1.807) is 46.6 Å². The standard InChI is InChI=1S/C62H44N2O2S8/c1-33-7-15-37(16-8-33)61(38-17-9-34(2)10-18-38)47-31-46-48(32-45(47)53-49(61)29-43(71-53)27-41-23-25-51(69-41)55-57(65)63(5)59(67)73-55)62(39-19-11-35(3)12-20-39,40-21-13-36(4)14-22-40)50-30-44(72-54(46)50)28-42-24-26-52(70-42)56-58(66)64(6)60(68)74-56/h7-32H,1-6H3/b41-27+,42-28+,55-51+,56-52+. The second-order valence-electron chi connectivity index (χ2n) is 19.5. The first kappa shape index (κ1) is 47.9. The van der Waals surface area contributed by atoms with Gasteiger partial charge < -0.3 is 0 Å². The van der Waals surface area contributed by atoms with Crippen molar-refractivity contribution in [1.29, 1.82) is 0 Å². The Morgan fingerprint density at radius 1 is 0.419 bits per heavy atom. The molecule has 2 amide bonds. The monoisotopic (exact) mass is 1100 g/mol. The van der Waals surface area contributed by atoms with E-state index in [0.717, 1.165) is 27.9 Å². The zero-order valence-corrected chi connectivity index (χ0v) is 47.5. The maximum absolute atomic E-state index is 13.2. The van der Waals surface area contributed by atoms with Crippen LogP contribution in [0.15, 0.2) is 146 Å². The number of aryl methyl sites for hydroxylation is 4. The predicted molar refractivity (Wildman–Crippen MR) is 323 cm³/mol. The Bertz CT molecular complexity index is 3810. The van der Waals surface area contributed by atoms with E-state index < -0.39 is 10.8 Å². The van der Waals surface area contributed by atoms with E-state index in [1.165, 1.54) is 111 Å². The molecule has 0 saturated carbocycles. The zero-order chi connectivity index (χ0) is 50.9. The summed E-state index contributed by atoms with van der Waals surface area (Å²) in [7, 11) is 3.50. The molecule has 0 spiro atoms. The van der Waals surface area contributed by atoms with Crippen LogP contribution in [0, 0.1) is 27.7 Å². The summed E-state index contributed by atoms with van der Waals surface area (Å²) in [6.45, 7) is 8.66. The van der Waals surface area contributed by atoms with Gasteiger partial charge in [0.15, 0.2) is 0 Å². The van der Waals surface area contributed by atoms with Gasteiger partial charge in [-0.25, -0.2) is 0 Å². The first-order chi connectivity index (χ1) is 35.7. The first-order valence-electron chi connectivity index (χ1n) is 24.1. The topological polar surface area (TPSA) is 40.6 Å². The predicted octanol–water partition coefficient (Wildman–Crippen LogP) is 12.7. The van der Waals surface area contributed by atoms with E-state index in [1.807, 2.05) is 22.7 Å². The summed E-state index contributed by atoms with van der Waals surface area (Å²) < 4.78 is 5.21. The van der Waals surface area contributed by atoms with Gasteiger partial charge in [0.1, 0.15) is 8.64 Å². The van der Waals surface area contributed by atoms with Gasteiger partial charge in [0.25, 0.3) is 11.8 Å². The molecule has 74 heavy (non-hydrogen) atoms. The molecule has 0 radical (unpaired) electrons. The number of thiocarbonyl (C=S) groups is 2. The molecule has 0 N–H and O–H groups in total. The van der Waals surface area contributed by atoms with Gasteiger partial charge >= 0.3 is 0 Å². The molecule has 4 aliphatic rings. The largest absolute Gasteiger partial charge is 0.296 e.